The molecule has 1 unspecified atom stereocenters. The van der Waals surface area contributed by atoms with Crippen molar-refractivity contribution in [3.63, 3.8) is 0 Å². The van der Waals surface area contributed by atoms with Crippen LogP contribution in [0.2, 0.25) is 0 Å². The van der Waals surface area contributed by atoms with Gasteiger partial charge < -0.3 is 10.2 Å². The van der Waals surface area contributed by atoms with E-state index < -0.39 is 0 Å². The van der Waals surface area contributed by atoms with Crippen LogP contribution in [0.5, 0.6) is 0 Å². The van der Waals surface area contributed by atoms with Crippen molar-refractivity contribution < 1.29 is 4.92 Å². The Labute approximate surface area is 138 Å². The van der Waals surface area contributed by atoms with Gasteiger partial charge in [0.2, 0.25) is 0 Å². The van der Waals surface area contributed by atoms with Crippen molar-refractivity contribution in [3.05, 3.63) is 31.9 Å². The molecule has 6 heteroatoms. The van der Waals surface area contributed by atoms with Gasteiger partial charge in [0.15, 0.2) is 0 Å². The van der Waals surface area contributed by atoms with E-state index in [0.29, 0.717) is 12.1 Å². The van der Waals surface area contributed by atoms with Gasteiger partial charge in [-0.25, -0.2) is 0 Å². The van der Waals surface area contributed by atoms with E-state index in [4.69, 9.17) is 0 Å². The Morgan fingerprint density at radius 1 is 1.33 bits per heavy atom. The SMILES string of the molecule is O=[N+]([O-])c1ccc(N(CC2CCCCN2)C2CC2)cc1I. The fourth-order valence-corrected chi connectivity index (χ4v) is 3.69. The van der Waals surface area contributed by atoms with Gasteiger partial charge >= 0.3 is 0 Å². The number of halogens is 1. The third-order valence-corrected chi connectivity index (χ3v) is 5.14. The lowest BCUT2D eigenvalue weighted by Crippen LogP contribution is -2.44. The Hall–Kier alpha value is -0.890. The van der Waals surface area contributed by atoms with E-state index in [1.807, 2.05) is 12.1 Å². The van der Waals surface area contributed by atoms with Gasteiger partial charge in [-0.05, 0) is 67.0 Å². The fourth-order valence-electron chi connectivity index (χ4n) is 2.99. The van der Waals surface area contributed by atoms with Crippen LogP contribution in [-0.4, -0.2) is 30.1 Å². The minimum atomic E-state index is -0.310. The van der Waals surface area contributed by atoms with Crippen LogP contribution in [0.15, 0.2) is 18.2 Å². The van der Waals surface area contributed by atoms with Crippen molar-refractivity contribution in [2.75, 3.05) is 18.0 Å². The van der Waals surface area contributed by atoms with Gasteiger partial charge in [0, 0.05) is 30.4 Å². The summed E-state index contributed by atoms with van der Waals surface area (Å²) in [5.41, 5.74) is 1.32. The first-order chi connectivity index (χ1) is 10.1. The molecule has 1 saturated heterocycles. The summed E-state index contributed by atoms with van der Waals surface area (Å²) in [5.74, 6) is 0. The van der Waals surface area contributed by atoms with Gasteiger partial charge in [0.1, 0.15) is 0 Å². The summed E-state index contributed by atoms with van der Waals surface area (Å²) in [5, 5.41) is 14.5. The molecule has 1 aromatic carbocycles. The molecule has 1 atom stereocenters. The number of nitrogens with zero attached hydrogens (tertiary/aromatic N) is 2. The quantitative estimate of drug-likeness (QED) is 0.467. The molecule has 0 amide bonds. The van der Waals surface area contributed by atoms with E-state index >= 15 is 0 Å². The number of rotatable bonds is 5. The summed E-state index contributed by atoms with van der Waals surface area (Å²) >= 11 is 2.07. The van der Waals surface area contributed by atoms with Crippen LogP contribution in [-0.2, 0) is 0 Å². The molecular weight excluding hydrogens is 381 g/mol. The molecule has 1 aromatic rings. The summed E-state index contributed by atoms with van der Waals surface area (Å²) < 4.78 is 0.720. The van der Waals surface area contributed by atoms with Gasteiger partial charge in [-0.1, -0.05) is 6.42 Å². The maximum Gasteiger partial charge on any atom is 0.282 e. The lowest BCUT2D eigenvalue weighted by Gasteiger charge is -2.32. The molecule has 1 aliphatic carbocycles. The average molecular weight is 401 g/mol. The number of benzene rings is 1. The molecule has 2 aliphatic rings. The normalized spacial score (nSPS) is 22.0. The maximum atomic E-state index is 10.9. The Morgan fingerprint density at radius 2 is 2.14 bits per heavy atom. The second-order valence-electron chi connectivity index (χ2n) is 5.92. The van der Waals surface area contributed by atoms with Crippen molar-refractivity contribution >= 4 is 34.0 Å². The smallest absolute Gasteiger partial charge is 0.282 e. The first-order valence-corrected chi connectivity index (χ1v) is 8.67. The first-order valence-electron chi connectivity index (χ1n) is 7.59. The van der Waals surface area contributed by atoms with Gasteiger partial charge in [0.05, 0.1) is 8.49 Å². The van der Waals surface area contributed by atoms with E-state index in [2.05, 4.69) is 32.8 Å². The molecule has 0 bridgehead atoms. The summed E-state index contributed by atoms with van der Waals surface area (Å²) in [7, 11) is 0. The van der Waals surface area contributed by atoms with E-state index in [1.54, 1.807) is 6.07 Å². The lowest BCUT2D eigenvalue weighted by molar-refractivity contribution is -0.385. The van der Waals surface area contributed by atoms with Crippen molar-refractivity contribution in [1.29, 1.82) is 0 Å². The number of piperidine rings is 1. The van der Waals surface area contributed by atoms with Gasteiger partial charge in [0.25, 0.3) is 5.69 Å². The molecule has 1 N–H and O–H groups in total. The first kappa shape index (κ1) is 15.0. The molecule has 2 fully saturated rings. The predicted molar refractivity (Wildman–Crippen MR) is 91.8 cm³/mol. The summed E-state index contributed by atoms with van der Waals surface area (Å²) in [6, 6.07) is 6.67. The zero-order chi connectivity index (χ0) is 14.8. The summed E-state index contributed by atoms with van der Waals surface area (Å²) in [4.78, 5) is 13.1. The van der Waals surface area contributed by atoms with Crippen LogP contribution in [0.1, 0.15) is 32.1 Å². The van der Waals surface area contributed by atoms with Crippen LogP contribution in [0, 0.1) is 13.7 Å². The van der Waals surface area contributed by atoms with E-state index in [-0.39, 0.29) is 10.6 Å². The summed E-state index contributed by atoms with van der Waals surface area (Å²) in [6.45, 7) is 2.12. The molecule has 0 radical (unpaired) electrons. The number of hydrogen-bond donors (Lipinski definition) is 1. The number of nitrogens with one attached hydrogen (secondary N) is 1. The zero-order valence-electron chi connectivity index (χ0n) is 11.9. The number of nitro benzene ring substituents is 1. The topological polar surface area (TPSA) is 58.4 Å². The molecule has 0 aromatic heterocycles. The highest BCUT2D eigenvalue weighted by Gasteiger charge is 2.31. The van der Waals surface area contributed by atoms with E-state index in [1.165, 1.54) is 32.1 Å². The minimum Gasteiger partial charge on any atom is -0.367 e. The van der Waals surface area contributed by atoms with Crippen LogP contribution >= 0.6 is 22.6 Å². The molecule has 114 valence electrons. The third-order valence-electron chi connectivity index (χ3n) is 4.28. The predicted octanol–water partition coefficient (Wildman–Crippen LogP) is 3.31. The Bertz CT molecular complexity index is 528. The van der Waals surface area contributed by atoms with Crippen LogP contribution < -0.4 is 10.2 Å². The monoisotopic (exact) mass is 401 g/mol. The maximum absolute atomic E-state index is 10.9. The third kappa shape index (κ3) is 3.66. The molecule has 1 aliphatic heterocycles. The second-order valence-corrected chi connectivity index (χ2v) is 7.09. The van der Waals surface area contributed by atoms with Crippen molar-refractivity contribution in [1.82, 2.24) is 5.32 Å². The summed E-state index contributed by atoms with van der Waals surface area (Å²) in [6.07, 6.45) is 6.27. The Kier molecular flexibility index (Phi) is 4.63. The average Bonchev–Trinajstić information content (AvgIpc) is 3.30. The minimum absolute atomic E-state index is 0.200. The molecular formula is C15H20IN3O2. The molecule has 1 heterocycles. The highest BCUT2D eigenvalue weighted by Crippen LogP contribution is 2.34. The largest absolute Gasteiger partial charge is 0.367 e. The van der Waals surface area contributed by atoms with Crippen LogP contribution in [0.4, 0.5) is 11.4 Å². The van der Waals surface area contributed by atoms with Crippen LogP contribution in [0.25, 0.3) is 0 Å². The van der Waals surface area contributed by atoms with Gasteiger partial charge in [-0.3, -0.25) is 10.1 Å². The Balaban J connectivity index is 1.77. The molecule has 1 saturated carbocycles. The highest BCUT2D eigenvalue weighted by molar-refractivity contribution is 14.1. The number of anilines is 1. The van der Waals surface area contributed by atoms with E-state index in [0.717, 1.165) is 22.3 Å². The second kappa shape index (κ2) is 6.48. The van der Waals surface area contributed by atoms with Crippen molar-refractivity contribution in [2.45, 2.75) is 44.2 Å². The van der Waals surface area contributed by atoms with Crippen molar-refractivity contribution in [2.24, 2.45) is 0 Å². The molecule has 0 spiro atoms. The molecule has 3 rings (SSSR count). The zero-order valence-corrected chi connectivity index (χ0v) is 14.1. The van der Waals surface area contributed by atoms with Crippen molar-refractivity contribution in [3.8, 4) is 0 Å². The standard InChI is InChI=1S/C15H20IN3O2/c16-14-9-13(6-7-15(14)19(20)21)18(12-4-5-12)10-11-3-1-2-8-17-11/h6-7,9,11-12,17H,1-5,8,10H2. The molecule has 21 heavy (non-hydrogen) atoms. The Morgan fingerprint density at radius 3 is 2.71 bits per heavy atom. The van der Waals surface area contributed by atoms with Crippen LogP contribution in [0.3, 0.4) is 0 Å². The molecule has 5 nitrogen and oxygen atoms in total. The number of hydrogen-bond acceptors (Lipinski definition) is 4. The highest BCUT2D eigenvalue weighted by atomic mass is 127. The van der Waals surface area contributed by atoms with E-state index in [9.17, 15) is 10.1 Å². The lowest BCUT2D eigenvalue weighted by atomic mass is 10.0. The number of nitro groups is 1. The fraction of sp³-hybridized carbons (Fsp3) is 0.600. The van der Waals surface area contributed by atoms with Gasteiger partial charge in [-0.2, -0.15) is 0 Å². The van der Waals surface area contributed by atoms with Gasteiger partial charge in [-0.15, -0.1) is 0 Å².